The van der Waals surface area contributed by atoms with Crippen molar-refractivity contribution in [3.63, 3.8) is 0 Å². The van der Waals surface area contributed by atoms with Crippen LogP contribution in [-0.4, -0.2) is 16.0 Å². The molecule has 1 N–H and O–H groups in total. The van der Waals surface area contributed by atoms with Crippen molar-refractivity contribution >= 4 is 29.4 Å². The van der Waals surface area contributed by atoms with E-state index in [1.54, 1.807) is 16.7 Å². The van der Waals surface area contributed by atoms with Crippen molar-refractivity contribution in [3.05, 3.63) is 104 Å². The normalized spacial score (nSPS) is 13.5. The van der Waals surface area contributed by atoms with Gasteiger partial charge in [0, 0.05) is 0 Å². The van der Waals surface area contributed by atoms with Crippen molar-refractivity contribution in [1.82, 2.24) is 4.57 Å². The van der Waals surface area contributed by atoms with Gasteiger partial charge >= 0.3 is 0 Å². The SMILES string of the molecule is Oc1c(/C=c2\ccc3c(c2)N=CN=3)sc(=NCc2ccccc2)n1-c1ccc(F)cc1. The van der Waals surface area contributed by atoms with E-state index in [0.717, 1.165) is 21.8 Å². The summed E-state index contributed by atoms with van der Waals surface area (Å²) >= 11 is 1.37. The van der Waals surface area contributed by atoms with Crippen LogP contribution in [-0.2, 0) is 6.54 Å². The number of aromatic hydroxyl groups is 1. The molecule has 5 rings (SSSR count). The lowest BCUT2D eigenvalue weighted by Gasteiger charge is -2.05. The van der Waals surface area contributed by atoms with Gasteiger partial charge in [-0.1, -0.05) is 47.7 Å². The maximum atomic E-state index is 13.5. The molecule has 1 aliphatic rings. The van der Waals surface area contributed by atoms with Crippen LogP contribution in [0.5, 0.6) is 5.88 Å². The van der Waals surface area contributed by atoms with Crippen LogP contribution in [0, 0.1) is 5.82 Å². The van der Waals surface area contributed by atoms with Crippen LogP contribution in [0.25, 0.3) is 11.8 Å². The Morgan fingerprint density at radius 2 is 1.84 bits per heavy atom. The van der Waals surface area contributed by atoms with Gasteiger partial charge in [0.25, 0.3) is 0 Å². The van der Waals surface area contributed by atoms with Crippen molar-refractivity contribution < 1.29 is 9.50 Å². The molecule has 0 aliphatic carbocycles. The van der Waals surface area contributed by atoms with Crippen LogP contribution < -0.4 is 15.4 Å². The summed E-state index contributed by atoms with van der Waals surface area (Å²) in [4.78, 5) is 14.4. The molecule has 31 heavy (non-hydrogen) atoms. The minimum Gasteiger partial charge on any atom is -0.493 e. The number of thiazole rings is 1. The molecule has 0 unspecified atom stereocenters. The van der Waals surface area contributed by atoms with Gasteiger partial charge in [-0.2, -0.15) is 0 Å². The van der Waals surface area contributed by atoms with Crippen molar-refractivity contribution in [3.8, 4) is 11.6 Å². The van der Waals surface area contributed by atoms with E-state index < -0.39 is 0 Å². The predicted octanol–water partition coefficient (Wildman–Crippen LogP) is 3.61. The first-order valence-corrected chi connectivity index (χ1v) is 10.5. The molecule has 0 atom stereocenters. The Morgan fingerprint density at radius 1 is 1.03 bits per heavy atom. The van der Waals surface area contributed by atoms with E-state index in [4.69, 9.17) is 4.99 Å². The van der Waals surface area contributed by atoms with Crippen LogP contribution in [0.1, 0.15) is 10.4 Å². The van der Waals surface area contributed by atoms with Gasteiger partial charge in [-0.05, 0) is 53.3 Å². The van der Waals surface area contributed by atoms with E-state index in [1.807, 2.05) is 54.6 Å². The molecule has 3 aromatic carbocycles. The van der Waals surface area contributed by atoms with Gasteiger partial charge in [0.2, 0.25) is 5.88 Å². The average molecular weight is 428 g/mol. The van der Waals surface area contributed by atoms with Crippen molar-refractivity contribution in [2.45, 2.75) is 6.54 Å². The molecule has 0 saturated heterocycles. The number of hydrogen-bond acceptors (Lipinski definition) is 5. The van der Waals surface area contributed by atoms with E-state index in [2.05, 4.69) is 9.98 Å². The van der Waals surface area contributed by atoms with Crippen molar-refractivity contribution in [2.75, 3.05) is 0 Å². The lowest BCUT2D eigenvalue weighted by Crippen LogP contribution is -2.12. The molecule has 152 valence electrons. The Bertz CT molecular complexity index is 1470. The monoisotopic (exact) mass is 428 g/mol. The summed E-state index contributed by atoms with van der Waals surface area (Å²) in [5.74, 6) is -0.283. The molecule has 7 heteroatoms. The second-order valence-corrected chi connectivity index (χ2v) is 7.96. The average Bonchev–Trinajstić information content (AvgIpc) is 3.38. The van der Waals surface area contributed by atoms with E-state index in [9.17, 15) is 9.50 Å². The molecule has 0 amide bonds. The number of fused-ring (bicyclic) bond motifs is 1. The Morgan fingerprint density at radius 3 is 2.65 bits per heavy atom. The third-order valence-corrected chi connectivity index (χ3v) is 5.85. The lowest BCUT2D eigenvalue weighted by atomic mass is 10.2. The second kappa shape index (κ2) is 8.12. The largest absolute Gasteiger partial charge is 0.493 e. The summed E-state index contributed by atoms with van der Waals surface area (Å²) in [6.07, 6.45) is 3.41. The summed E-state index contributed by atoms with van der Waals surface area (Å²) in [5.41, 5.74) is 2.50. The highest BCUT2D eigenvalue weighted by molar-refractivity contribution is 7.10. The van der Waals surface area contributed by atoms with Gasteiger partial charge in [0.15, 0.2) is 4.80 Å². The maximum absolute atomic E-state index is 13.5. The Labute approximate surface area is 181 Å². The number of halogens is 1. The summed E-state index contributed by atoms with van der Waals surface area (Å²) in [7, 11) is 0. The van der Waals surface area contributed by atoms with E-state index >= 15 is 0 Å². The predicted molar refractivity (Wildman–Crippen MR) is 120 cm³/mol. The standard InChI is InChI=1S/C24H17FN4OS/c25-18-7-9-19(10-8-18)29-23(30)22(13-17-6-11-20-21(12-17)28-15-27-20)31-24(29)26-14-16-4-2-1-3-5-16/h1-13,15,30H,14H2/b17-13+,26-24?. The van der Waals surface area contributed by atoms with Gasteiger partial charge in [-0.25, -0.2) is 14.4 Å². The molecule has 2 heterocycles. The molecular weight excluding hydrogens is 411 g/mol. The fourth-order valence-electron chi connectivity index (χ4n) is 3.30. The summed E-state index contributed by atoms with van der Waals surface area (Å²) in [6.45, 7) is 0.469. The van der Waals surface area contributed by atoms with E-state index in [0.29, 0.717) is 21.9 Å². The number of aliphatic imine (C=N–C) groups is 1. The first-order valence-electron chi connectivity index (χ1n) is 9.65. The van der Waals surface area contributed by atoms with Gasteiger partial charge in [0.05, 0.1) is 28.2 Å². The Kier molecular flexibility index (Phi) is 5.01. The third kappa shape index (κ3) is 3.95. The zero-order chi connectivity index (χ0) is 21.2. The molecule has 0 bridgehead atoms. The third-order valence-electron chi connectivity index (χ3n) is 4.84. The van der Waals surface area contributed by atoms with Gasteiger partial charge in [-0.15, -0.1) is 0 Å². The number of rotatable bonds is 4. The van der Waals surface area contributed by atoms with E-state index in [-0.39, 0.29) is 11.7 Å². The second-order valence-electron chi connectivity index (χ2n) is 6.95. The summed E-state index contributed by atoms with van der Waals surface area (Å²) in [5, 5.41) is 12.7. The van der Waals surface area contributed by atoms with Crippen LogP contribution in [0.2, 0.25) is 0 Å². The zero-order valence-electron chi connectivity index (χ0n) is 16.3. The fourth-order valence-corrected chi connectivity index (χ4v) is 4.29. The highest BCUT2D eigenvalue weighted by Crippen LogP contribution is 2.25. The van der Waals surface area contributed by atoms with Crippen molar-refractivity contribution in [2.24, 2.45) is 15.0 Å². The highest BCUT2D eigenvalue weighted by Gasteiger charge is 2.13. The molecule has 5 nitrogen and oxygen atoms in total. The maximum Gasteiger partial charge on any atom is 0.215 e. The summed E-state index contributed by atoms with van der Waals surface area (Å²) in [6, 6.07) is 21.6. The first-order chi connectivity index (χ1) is 15.2. The molecule has 0 spiro atoms. The van der Waals surface area contributed by atoms with Crippen molar-refractivity contribution in [1.29, 1.82) is 0 Å². The molecule has 0 radical (unpaired) electrons. The zero-order valence-corrected chi connectivity index (χ0v) is 17.1. The topological polar surface area (TPSA) is 62.2 Å². The lowest BCUT2D eigenvalue weighted by molar-refractivity contribution is 0.438. The van der Waals surface area contributed by atoms with Gasteiger partial charge in [-0.3, -0.25) is 9.56 Å². The van der Waals surface area contributed by atoms with Crippen LogP contribution in [0.15, 0.2) is 87.8 Å². The summed E-state index contributed by atoms with van der Waals surface area (Å²) < 4.78 is 15.1. The Hall–Kier alpha value is -3.84. The molecule has 1 aliphatic heterocycles. The minimum absolute atomic E-state index is 0.0529. The van der Waals surface area contributed by atoms with Gasteiger partial charge < -0.3 is 5.11 Å². The first kappa shape index (κ1) is 19.1. The quantitative estimate of drug-likeness (QED) is 0.530. The number of aromatic nitrogens is 1. The molecule has 4 aromatic rings. The highest BCUT2D eigenvalue weighted by atomic mass is 32.1. The van der Waals surface area contributed by atoms with Crippen LogP contribution in [0.3, 0.4) is 0 Å². The molecule has 1 aromatic heterocycles. The fraction of sp³-hybridized carbons (Fsp3) is 0.0417. The molecule has 0 fully saturated rings. The number of nitrogens with zero attached hydrogens (tertiary/aromatic N) is 4. The number of hydrogen-bond donors (Lipinski definition) is 1. The smallest absolute Gasteiger partial charge is 0.215 e. The van der Waals surface area contributed by atoms with Crippen LogP contribution >= 0.6 is 11.3 Å². The number of benzene rings is 3. The molecular formula is C24H17FN4OS. The van der Waals surface area contributed by atoms with Crippen LogP contribution in [0.4, 0.5) is 10.1 Å². The van der Waals surface area contributed by atoms with Gasteiger partial charge in [0.1, 0.15) is 12.2 Å². The molecule has 0 saturated carbocycles. The van der Waals surface area contributed by atoms with E-state index in [1.165, 1.54) is 29.8 Å². The minimum atomic E-state index is -0.335. The Balaban J connectivity index is 1.64.